The molecule has 2 unspecified atom stereocenters. The van der Waals surface area contributed by atoms with Crippen LogP contribution in [0.25, 0.3) is 0 Å². The van der Waals surface area contributed by atoms with Crippen molar-refractivity contribution < 1.29 is 9.32 Å². The predicted octanol–water partition coefficient (Wildman–Crippen LogP) is 1.69. The summed E-state index contributed by atoms with van der Waals surface area (Å²) < 4.78 is 5.28. The fourth-order valence-electron chi connectivity index (χ4n) is 3.50. The Hall–Kier alpha value is -1.18. The lowest BCUT2D eigenvalue weighted by Gasteiger charge is -2.32. The fourth-order valence-corrected chi connectivity index (χ4v) is 3.50. The number of aromatic nitrogens is 2. The van der Waals surface area contributed by atoms with Crippen LogP contribution in [0.15, 0.2) is 4.52 Å². The first-order chi connectivity index (χ1) is 11.6. The summed E-state index contributed by atoms with van der Waals surface area (Å²) >= 11 is 0. The topological polar surface area (TPSA) is 83.3 Å². The van der Waals surface area contributed by atoms with E-state index in [1.54, 1.807) is 0 Å². The normalized spacial score (nSPS) is 24.3. The molecule has 8 heteroatoms. The van der Waals surface area contributed by atoms with Gasteiger partial charge in [-0.1, -0.05) is 19.0 Å². The van der Waals surface area contributed by atoms with Gasteiger partial charge in [-0.15, -0.1) is 12.4 Å². The lowest BCUT2D eigenvalue weighted by Crippen LogP contribution is -2.45. The molecule has 3 heterocycles. The Bertz CT molecular complexity index is 545. The smallest absolute Gasteiger partial charge is 0.237 e. The summed E-state index contributed by atoms with van der Waals surface area (Å²) in [6.45, 7) is 8.58. The summed E-state index contributed by atoms with van der Waals surface area (Å²) in [7, 11) is 0. The van der Waals surface area contributed by atoms with Crippen molar-refractivity contribution >= 4 is 18.3 Å². The van der Waals surface area contributed by atoms with Gasteiger partial charge in [0.25, 0.3) is 0 Å². The summed E-state index contributed by atoms with van der Waals surface area (Å²) in [4.78, 5) is 18.9. The molecule has 2 N–H and O–H groups in total. The van der Waals surface area contributed by atoms with Crippen LogP contribution in [0.2, 0.25) is 0 Å². The van der Waals surface area contributed by atoms with E-state index >= 15 is 0 Å². The van der Waals surface area contributed by atoms with E-state index in [0.29, 0.717) is 11.8 Å². The van der Waals surface area contributed by atoms with Crippen LogP contribution in [0, 0.1) is 5.92 Å². The molecule has 0 radical (unpaired) electrons. The van der Waals surface area contributed by atoms with Crippen molar-refractivity contribution in [2.75, 3.05) is 26.2 Å². The molecule has 1 amide bonds. The Morgan fingerprint density at radius 2 is 2.24 bits per heavy atom. The number of nitrogens with one attached hydrogen (secondary N) is 2. The second-order valence-electron chi connectivity index (χ2n) is 7.34. The molecule has 0 spiro atoms. The van der Waals surface area contributed by atoms with Crippen molar-refractivity contribution in [3.05, 3.63) is 11.7 Å². The first kappa shape index (κ1) is 20.1. The molecule has 0 saturated carbocycles. The Labute approximate surface area is 155 Å². The van der Waals surface area contributed by atoms with Gasteiger partial charge in [-0.25, -0.2) is 0 Å². The molecule has 0 bridgehead atoms. The van der Waals surface area contributed by atoms with Crippen LogP contribution in [0.5, 0.6) is 0 Å². The third-order valence-electron chi connectivity index (χ3n) is 4.89. The highest BCUT2D eigenvalue weighted by Gasteiger charge is 2.25. The maximum atomic E-state index is 12.1. The number of carbonyl (C=O) groups is 1. The molecule has 0 aromatic carbocycles. The number of piperidine rings is 1. The van der Waals surface area contributed by atoms with E-state index in [0.717, 1.165) is 57.8 Å². The number of halogens is 1. The molecule has 1 aromatic heterocycles. The van der Waals surface area contributed by atoms with E-state index in [-0.39, 0.29) is 30.3 Å². The van der Waals surface area contributed by atoms with Gasteiger partial charge < -0.3 is 15.2 Å². The number of hydrogen-bond acceptors (Lipinski definition) is 6. The molecule has 2 aliphatic heterocycles. The van der Waals surface area contributed by atoms with E-state index in [2.05, 4.69) is 39.5 Å². The average molecular weight is 372 g/mol. The largest absolute Gasteiger partial charge is 0.354 e. The standard InChI is InChI=1S/C17H29N5O2.ClH/c1-12(2)17-20-15(21-24-17)11-22-8-4-5-13(10-22)9-19-16(23)14-6-3-7-18-14;/h12-14,18H,3-11H2,1-2H3,(H,19,23);1H. The molecular formula is C17H30ClN5O2. The van der Waals surface area contributed by atoms with E-state index < -0.39 is 0 Å². The molecular weight excluding hydrogens is 342 g/mol. The van der Waals surface area contributed by atoms with Gasteiger partial charge in [-0.3, -0.25) is 9.69 Å². The zero-order chi connectivity index (χ0) is 16.9. The van der Waals surface area contributed by atoms with E-state index in [4.69, 9.17) is 4.52 Å². The SMILES string of the molecule is CC(C)c1nc(CN2CCCC(CNC(=O)C3CCCN3)C2)no1.Cl. The minimum atomic E-state index is 0. The van der Waals surface area contributed by atoms with Crippen LogP contribution in [0.4, 0.5) is 0 Å². The molecule has 142 valence electrons. The van der Waals surface area contributed by atoms with Crippen molar-refractivity contribution in [3.8, 4) is 0 Å². The second-order valence-corrected chi connectivity index (χ2v) is 7.34. The molecule has 2 aliphatic rings. The Kier molecular flexibility index (Phi) is 7.65. The molecule has 3 rings (SSSR count). The van der Waals surface area contributed by atoms with Crippen LogP contribution in [-0.2, 0) is 11.3 Å². The number of rotatable bonds is 6. The van der Waals surface area contributed by atoms with Crippen molar-refractivity contribution in [3.63, 3.8) is 0 Å². The van der Waals surface area contributed by atoms with Crippen LogP contribution in [0.3, 0.4) is 0 Å². The minimum Gasteiger partial charge on any atom is -0.354 e. The maximum Gasteiger partial charge on any atom is 0.237 e. The van der Waals surface area contributed by atoms with Gasteiger partial charge >= 0.3 is 0 Å². The van der Waals surface area contributed by atoms with Gasteiger partial charge in [0.15, 0.2) is 5.82 Å². The summed E-state index contributed by atoms with van der Waals surface area (Å²) in [5.74, 6) is 2.39. The van der Waals surface area contributed by atoms with Gasteiger partial charge in [-0.05, 0) is 44.7 Å². The molecule has 1 aromatic rings. The third kappa shape index (κ3) is 5.66. The van der Waals surface area contributed by atoms with Gasteiger partial charge in [0.1, 0.15) is 0 Å². The van der Waals surface area contributed by atoms with E-state index in [9.17, 15) is 4.79 Å². The molecule has 2 fully saturated rings. The van der Waals surface area contributed by atoms with Crippen LogP contribution in [-0.4, -0.2) is 53.2 Å². The molecule has 2 saturated heterocycles. The van der Waals surface area contributed by atoms with Crippen LogP contribution in [0.1, 0.15) is 57.2 Å². The zero-order valence-electron chi connectivity index (χ0n) is 15.2. The van der Waals surface area contributed by atoms with E-state index in [1.807, 2.05) is 0 Å². The Morgan fingerprint density at radius 1 is 1.40 bits per heavy atom. The highest BCUT2D eigenvalue weighted by molar-refractivity contribution is 5.85. The maximum absolute atomic E-state index is 12.1. The van der Waals surface area contributed by atoms with Crippen LogP contribution >= 0.6 is 12.4 Å². The predicted molar refractivity (Wildman–Crippen MR) is 97.7 cm³/mol. The van der Waals surface area contributed by atoms with Crippen LogP contribution < -0.4 is 10.6 Å². The van der Waals surface area contributed by atoms with E-state index in [1.165, 1.54) is 6.42 Å². The number of likely N-dealkylation sites (tertiary alicyclic amines) is 1. The Balaban J connectivity index is 0.00000225. The summed E-state index contributed by atoms with van der Waals surface area (Å²) in [5.41, 5.74) is 0. The lowest BCUT2D eigenvalue weighted by atomic mass is 9.98. The molecule has 0 aliphatic carbocycles. The number of amides is 1. The molecule has 2 atom stereocenters. The summed E-state index contributed by atoms with van der Waals surface area (Å²) in [5, 5.41) is 10.4. The lowest BCUT2D eigenvalue weighted by molar-refractivity contribution is -0.123. The fraction of sp³-hybridized carbons (Fsp3) is 0.824. The monoisotopic (exact) mass is 371 g/mol. The van der Waals surface area contributed by atoms with Crippen molar-refractivity contribution in [2.45, 2.75) is 58.0 Å². The van der Waals surface area contributed by atoms with Gasteiger partial charge in [0.2, 0.25) is 11.8 Å². The van der Waals surface area contributed by atoms with Crippen molar-refractivity contribution in [1.82, 2.24) is 25.7 Å². The van der Waals surface area contributed by atoms with Gasteiger partial charge in [-0.2, -0.15) is 4.98 Å². The third-order valence-corrected chi connectivity index (χ3v) is 4.89. The first-order valence-electron chi connectivity index (χ1n) is 9.17. The second kappa shape index (κ2) is 9.50. The summed E-state index contributed by atoms with van der Waals surface area (Å²) in [6.07, 6.45) is 4.37. The zero-order valence-corrected chi connectivity index (χ0v) is 16.0. The van der Waals surface area contributed by atoms with Crippen molar-refractivity contribution in [2.24, 2.45) is 5.92 Å². The van der Waals surface area contributed by atoms with Gasteiger partial charge in [0, 0.05) is 19.0 Å². The van der Waals surface area contributed by atoms with Gasteiger partial charge in [0.05, 0.1) is 12.6 Å². The minimum absolute atomic E-state index is 0. The molecule has 25 heavy (non-hydrogen) atoms. The first-order valence-corrected chi connectivity index (χ1v) is 9.17. The van der Waals surface area contributed by atoms with Crippen molar-refractivity contribution in [1.29, 1.82) is 0 Å². The summed E-state index contributed by atoms with van der Waals surface area (Å²) in [6, 6.07) is 0.0125. The number of hydrogen-bond donors (Lipinski definition) is 2. The average Bonchev–Trinajstić information content (AvgIpc) is 3.24. The highest BCUT2D eigenvalue weighted by atomic mass is 35.5. The highest BCUT2D eigenvalue weighted by Crippen LogP contribution is 2.18. The Morgan fingerprint density at radius 3 is 2.92 bits per heavy atom. The number of nitrogens with zero attached hydrogens (tertiary/aromatic N) is 3. The number of carbonyl (C=O) groups excluding carboxylic acids is 1. The quantitative estimate of drug-likeness (QED) is 0.791. The molecule has 7 nitrogen and oxygen atoms in total.